The summed E-state index contributed by atoms with van der Waals surface area (Å²) in [5, 5.41) is 38.5. The summed E-state index contributed by atoms with van der Waals surface area (Å²) in [4.78, 5) is 11.4. The van der Waals surface area contributed by atoms with Crippen LogP contribution in [0.2, 0.25) is 0 Å². The highest BCUT2D eigenvalue weighted by Gasteiger charge is 2.45. The number of hydrogen-bond acceptors (Lipinski definition) is 10. The van der Waals surface area contributed by atoms with Gasteiger partial charge in [0.15, 0.2) is 11.4 Å². The largest absolute Gasteiger partial charge is 0.399 e. The lowest BCUT2D eigenvalue weighted by molar-refractivity contribution is -0.272. The highest BCUT2D eigenvalue weighted by Crippen LogP contribution is 2.22. The van der Waals surface area contributed by atoms with Crippen LogP contribution in [0, 0.1) is 0 Å². The average molecular weight is 503 g/mol. The van der Waals surface area contributed by atoms with Crippen molar-refractivity contribution < 1.29 is 39.1 Å². The van der Waals surface area contributed by atoms with Crippen LogP contribution < -0.4 is 21.7 Å². The monoisotopic (exact) mass is 502 g/mol. The Balaban J connectivity index is 1.53. The zero-order valence-electron chi connectivity index (χ0n) is 19.0. The fourth-order valence-electron chi connectivity index (χ4n) is 3.14. The van der Waals surface area contributed by atoms with Gasteiger partial charge in [-0.05, 0) is 36.5 Å². The van der Waals surface area contributed by atoms with Crippen molar-refractivity contribution in [3.63, 3.8) is 0 Å². The van der Waals surface area contributed by atoms with Gasteiger partial charge < -0.3 is 56.0 Å². The van der Waals surface area contributed by atoms with Crippen molar-refractivity contribution in [1.29, 1.82) is 0 Å². The van der Waals surface area contributed by atoms with Gasteiger partial charge in [-0.15, -0.1) is 0 Å². The highest BCUT2D eigenvalue weighted by molar-refractivity contribution is 7.80. The zero-order chi connectivity index (χ0) is 24.9. The predicted molar refractivity (Wildman–Crippen MR) is 128 cm³/mol. The van der Waals surface area contributed by atoms with E-state index < -0.39 is 43.2 Å². The first kappa shape index (κ1) is 28.1. The minimum absolute atomic E-state index is 0.106. The second-order valence-electron chi connectivity index (χ2n) is 7.53. The maximum atomic E-state index is 11.4. The van der Waals surface area contributed by atoms with Crippen LogP contribution in [-0.4, -0.2) is 103 Å². The van der Waals surface area contributed by atoms with Crippen LogP contribution in [0.15, 0.2) is 24.3 Å². The van der Waals surface area contributed by atoms with Gasteiger partial charge in [-0.25, -0.2) is 0 Å². The maximum absolute atomic E-state index is 11.4. The Labute approximate surface area is 203 Å². The average Bonchev–Trinajstić information content (AvgIpc) is 2.80. The molecular formula is C21H34N4O8S. The number of nitrogens with two attached hydrogens (primary N) is 1. The summed E-state index contributed by atoms with van der Waals surface area (Å²) < 4.78 is 21.9. The molecule has 1 saturated heterocycles. The molecule has 1 amide bonds. The standard InChI is InChI=1S/C21H34N4O8S/c1-13(27)24-17-19(29)18(28)16(12-26)33-20(17)32-11-10-31-9-8-30-7-6-23-21(34)25-15-4-2-14(22)3-5-15/h2-5,16-20,26,28-29H,6-12,22H2,1H3,(H,24,27)(H2,23,25,34)/t16?,17?,18-,19+,20+/m0/s1. The Hall–Kier alpha value is -2.10. The smallest absolute Gasteiger partial charge is 0.217 e. The Morgan fingerprint density at radius 3 is 2.38 bits per heavy atom. The van der Waals surface area contributed by atoms with E-state index >= 15 is 0 Å². The number of hydrogen-bond donors (Lipinski definition) is 7. The van der Waals surface area contributed by atoms with Gasteiger partial charge in [0.2, 0.25) is 5.91 Å². The summed E-state index contributed by atoms with van der Waals surface area (Å²) in [7, 11) is 0. The van der Waals surface area contributed by atoms with Gasteiger partial charge in [0, 0.05) is 24.8 Å². The topological polar surface area (TPSA) is 177 Å². The van der Waals surface area contributed by atoms with E-state index in [4.69, 9.17) is 36.9 Å². The lowest BCUT2D eigenvalue weighted by Gasteiger charge is -2.42. The predicted octanol–water partition coefficient (Wildman–Crippen LogP) is -1.45. The van der Waals surface area contributed by atoms with Crippen LogP contribution in [0.1, 0.15) is 6.92 Å². The number of amides is 1. The summed E-state index contributed by atoms with van der Waals surface area (Å²) in [6.45, 7) is 2.74. The molecule has 13 heteroatoms. The van der Waals surface area contributed by atoms with Crippen molar-refractivity contribution in [3.05, 3.63) is 24.3 Å². The normalized spacial score (nSPS) is 24.4. The lowest BCUT2D eigenvalue weighted by atomic mass is 9.97. The Bertz CT molecular complexity index is 757. The molecule has 1 aliphatic rings. The van der Waals surface area contributed by atoms with E-state index in [0.717, 1.165) is 5.69 Å². The molecule has 0 saturated carbocycles. The van der Waals surface area contributed by atoms with Crippen molar-refractivity contribution in [3.8, 4) is 0 Å². The number of rotatable bonds is 13. The van der Waals surface area contributed by atoms with Crippen LogP contribution in [-0.2, 0) is 23.7 Å². The highest BCUT2D eigenvalue weighted by atomic mass is 32.1. The van der Waals surface area contributed by atoms with E-state index in [0.29, 0.717) is 37.2 Å². The van der Waals surface area contributed by atoms with Crippen LogP contribution in [0.4, 0.5) is 11.4 Å². The second-order valence-corrected chi connectivity index (χ2v) is 7.94. The summed E-state index contributed by atoms with van der Waals surface area (Å²) in [6, 6.07) is 6.24. The fraction of sp³-hybridized carbons (Fsp3) is 0.619. The number of carbonyl (C=O) groups is 1. The number of thiocarbonyl (C=S) groups is 1. The Morgan fingerprint density at radius 2 is 1.74 bits per heavy atom. The summed E-state index contributed by atoms with van der Waals surface area (Å²) >= 11 is 5.21. The van der Waals surface area contributed by atoms with E-state index in [-0.39, 0.29) is 13.2 Å². The molecule has 5 atom stereocenters. The molecule has 34 heavy (non-hydrogen) atoms. The molecule has 1 heterocycles. The van der Waals surface area contributed by atoms with Gasteiger partial charge in [0.05, 0.1) is 39.6 Å². The molecule has 192 valence electrons. The van der Waals surface area contributed by atoms with E-state index in [1.165, 1.54) is 6.92 Å². The first-order valence-corrected chi connectivity index (χ1v) is 11.3. The number of nitrogens with one attached hydrogen (secondary N) is 3. The summed E-state index contributed by atoms with van der Waals surface area (Å²) in [5.74, 6) is -0.416. The molecule has 2 unspecified atom stereocenters. The lowest BCUT2D eigenvalue weighted by Crippen LogP contribution is -2.64. The molecule has 1 aromatic rings. The van der Waals surface area contributed by atoms with Crippen molar-refractivity contribution in [2.24, 2.45) is 0 Å². The van der Waals surface area contributed by atoms with E-state index in [1.807, 2.05) is 12.1 Å². The number of carbonyl (C=O) groups excluding carboxylic acids is 1. The van der Waals surface area contributed by atoms with E-state index in [2.05, 4.69) is 16.0 Å². The van der Waals surface area contributed by atoms with E-state index in [1.54, 1.807) is 12.1 Å². The fourth-order valence-corrected chi connectivity index (χ4v) is 3.36. The SMILES string of the molecule is CC(=O)NC1[C@H](OCCOCCOCCNC(=S)Nc2ccc(N)cc2)OC(CO)[C@H](O)[C@@H]1O. The number of ether oxygens (including phenoxy) is 4. The molecule has 1 aromatic carbocycles. The quantitative estimate of drug-likeness (QED) is 0.0950. The van der Waals surface area contributed by atoms with Crippen molar-refractivity contribution in [2.75, 3.05) is 57.2 Å². The van der Waals surface area contributed by atoms with Crippen LogP contribution in [0.25, 0.3) is 0 Å². The van der Waals surface area contributed by atoms with Gasteiger partial charge >= 0.3 is 0 Å². The number of aliphatic hydroxyl groups excluding tert-OH is 3. The molecule has 0 aliphatic carbocycles. The summed E-state index contributed by atoms with van der Waals surface area (Å²) in [6.07, 6.45) is -4.77. The van der Waals surface area contributed by atoms with Crippen LogP contribution in [0.3, 0.4) is 0 Å². The molecule has 0 spiro atoms. The van der Waals surface area contributed by atoms with Gasteiger partial charge in [0.25, 0.3) is 0 Å². The molecule has 1 aliphatic heterocycles. The first-order valence-electron chi connectivity index (χ1n) is 10.9. The Morgan fingerprint density at radius 1 is 1.09 bits per heavy atom. The van der Waals surface area contributed by atoms with Crippen molar-refractivity contribution in [1.82, 2.24) is 10.6 Å². The maximum Gasteiger partial charge on any atom is 0.217 e. The number of anilines is 2. The molecule has 2 rings (SSSR count). The minimum atomic E-state index is -1.35. The van der Waals surface area contributed by atoms with Crippen molar-refractivity contribution in [2.45, 2.75) is 37.6 Å². The Kier molecular flexibility index (Phi) is 12.4. The van der Waals surface area contributed by atoms with Gasteiger partial charge in [-0.3, -0.25) is 4.79 Å². The third-order valence-electron chi connectivity index (χ3n) is 4.83. The zero-order valence-corrected chi connectivity index (χ0v) is 19.8. The first-order chi connectivity index (χ1) is 16.3. The molecule has 0 aromatic heterocycles. The van der Waals surface area contributed by atoms with Crippen LogP contribution >= 0.6 is 12.2 Å². The van der Waals surface area contributed by atoms with Gasteiger partial charge in [-0.1, -0.05) is 0 Å². The molecule has 1 fully saturated rings. The van der Waals surface area contributed by atoms with Crippen LogP contribution in [0.5, 0.6) is 0 Å². The molecule has 8 N–H and O–H groups in total. The second kappa shape index (κ2) is 15.0. The van der Waals surface area contributed by atoms with Crippen molar-refractivity contribution >= 4 is 34.6 Å². The summed E-state index contributed by atoms with van der Waals surface area (Å²) in [5.41, 5.74) is 7.16. The van der Waals surface area contributed by atoms with Gasteiger partial charge in [-0.2, -0.15) is 0 Å². The molecular weight excluding hydrogens is 468 g/mol. The third kappa shape index (κ3) is 9.64. The minimum Gasteiger partial charge on any atom is -0.399 e. The van der Waals surface area contributed by atoms with E-state index in [9.17, 15) is 20.1 Å². The van der Waals surface area contributed by atoms with Gasteiger partial charge in [0.1, 0.15) is 24.4 Å². The molecule has 12 nitrogen and oxygen atoms in total. The number of benzene rings is 1. The molecule has 0 radical (unpaired) electrons. The number of aliphatic hydroxyl groups is 3. The number of nitrogen functional groups attached to an aromatic ring is 1. The molecule has 0 bridgehead atoms. The third-order valence-corrected chi connectivity index (χ3v) is 5.08.